The lowest BCUT2D eigenvalue weighted by Gasteiger charge is -2.25. The van der Waals surface area contributed by atoms with Gasteiger partial charge < -0.3 is 9.80 Å². The van der Waals surface area contributed by atoms with Gasteiger partial charge in [0.05, 0.1) is 0 Å². The summed E-state index contributed by atoms with van der Waals surface area (Å²) in [5.74, 6) is 0.420. The number of allylic oxidation sites excluding steroid dienone is 3. The molecule has 5 rings (SSSR count). The molecule has 0 saturated carbocycles. The number of para-hydroxylation sites is 2. The summed E-state index contributed by atoms with van der Waals surface area (Å²) in [5.41, 5.74) is 8.68. The van der Waals surface area contributed by atoms with E-state index in [1.54, 1.807) is 0 Å². The molecule has 0 heterocycles. The molecule has 0 N–H and O–H groups in total. The van der Waals surface area contributed by atoms with Crippen molar-refractivity contribution in [2.45, 2.75) is 12.3 Å². The summed E-state index contributed by atoms with van der Waals surface area (Å²) < 4.78 is 0. The second kappa shape index (κ2) is 9.84. The second-order valence-electron chi connectivity index (χ2n) is 8.79. The minimum atomic E-state index is 0.420. The van der Waals surface area contributed by atoms with Crippen LogP contribution in [0.3, 0.4) is 0 Å². The summed E-state index contributed by atoms with van der Waals surface area (Å²) in [6.45, 7) is 0. The van der Waals surface area contributed by atoms with E-state index in [1.807, 2.05) is 6.07 Å². The van der Waals surface area contributed by atoms with E-state index in [9.17, 15) is 0 Å². The topological polar surface area (TPSA) is 6.48 Å². The number of hydrogen-bond acceptors (Lipinski definition) is 2. The molecule has 0 aliphatic heterocycles. The van der Waals surface area contributed by atoms with Gasteiger partial charge in [-0.3, -0.25) is 0 Å². The zero-order chi connectivity index (χ0) is 23.3. The van der Waals surface area contributed by atoms with Crippen LogP contribution in [0.4, 0.5) is 17.1 Å². The largest absolute Gasteiger partial charge is 0.345 e. The number of likely N-dealkylation sites (N-methyl/N-ethyl adjacent to an activating group) is 1. The molecule has 1 unspecified atom stereocenters. The van der Waals surface area contributed by atoms with Crippen molar-refractivity contribution in [2.75, 3.05) is 23.9 Å². The summed E-state index contributed by atoms with van der Waals surface area (Å²) in [4.78, 5) is 4.45. The van der Waals surface area contributed by atoms with Crippen molar-refractivity contribution in [3.63, 3.8) is 0 Å². The molecule has 0 saturated heterocycles. The first kappa shape index (κ1) is 21.8. The molecule has 168 valence electrons. The van der Waals surface area contributed by atoms with Gasteiger partial charge in [0.25, 0.3) is 0 Å². The number of anilines is 3. The van der Waals surface area contributed by atoms with Gasteiger partial charge in [0.15, 0.2) is 0 Å². The van der Waals surface area contributed by atoms with E-state index in [0.29, 0.717) is 5.92 Å². The van der Waals surface area contributed by atoms with Gasteiger partial charge in [-0.2, -0.15) is 0 Å². The van der Waals surface area contributed by atoms with Gasteiger partial charge >= 0.3 is 0 Å². The molecular weight excluding hydrogens is 412 g/mol. The van der Waals surface area contributed by atoms with Gasteiger partial charge in [-0.25, -0.2) is 0 Å². The van der Waals surface area contributed by atoms with Crippen LogP contribution in [0.15, 0.2) is 133 Å². The standard InChI is InChI=1S/C32H30N2/c1-33(29-9-5-3-6-10-29)31-21-17-27(18-22-31)25-13-15-26(16-14-25)28-19-23-32(24-20-28)34(2)30-11-7-4-8-12-30/h3-19,21-24,28H,20H2,1-2H3. The first-order valence-corrected chi connectivity index (χ1v) is 11.9. The van der Waals surface area contributed by atoms with Crippen molar-refractivity contribution in [3.05, 3.63) is 139 Å². The average Bonchev–Trinajstić information content (AvgIpc) is 2.93. The zero-order valence-corrected chi connectivity index (χ0v) is 19.8. The molecule has 0 aromatic heterocycles. The van der Waals surface area contributed by atoms with Gasteiger partial charge in [0.1, 0.15) is 0 Å². The van der Waals surface area contributed by atoms with E-state index in [-0.39, 0.29) is 0 Å². The maximum atomic E-state index is 2.34. The Morgan fingerprint density at radius 2 is 1.06 bits per heavy atom. The van der Waals surface area contributed by atoms with Crippen molar-refractivity contribution < 1.29 is 0 Å². The monoisotopic (exact) mass is 442 g/mol. The van der Waals surface area contributed by atoms with E-state index >= 15 is 0 Å². The number of benzene rings is 4. The third-order valence-electron chi connectivity index (χ3n) is 6.68. The number of hydrogen-bond donors (Lipinski definition) is 0. The molecule has 0 radical (unpaired) electrons. The highest BCUT2D eigenvalue weighted by Gasteiger charge is 2.14. The van der Waals surface area contributed by atoms with E-state index in [2.05, 4.69) is 145 Å². The maximum absolute atomic E-state index is 2.34. The fourth-order valence-corrected chi connectivity index (χ4v) is 4.51. The summed E-state index contributed by atoms with van der Waals surface area (Å²) in [5, 5.41) is 0. The van der Waals surface area contributed by atoms with Crippen molar-refractivity contribution in [2.24, 2.45) is 0 Å². The molecule has 0 amide bonds. The fourth-order valence-electron chi connectivity index (χ4n) is 4.51. The van der Waals surface area contributed by atoms with Gasteiger partial charge in [-0.1, -0.05) is 84.9 Å². The van der Waals surface area contributed by atoms with Crippen LogP contribution in [0.5, 0.6) is 0 Å². The lowest BCUT2D eigenvalue weighted by Crippen LogP contribution is -2.16. The minimum absolute atomic E-state index is 0.420. The minimum Gasteiger partial charge on any atom is -0.345 e. The Labute approximate surface area is 203 Å². The van der Waals surface area contributed by atoms with E-state index in [1.165, 1.54) is 39.4 Å². The smallest absolute Gasteiger partial charge is 0.0408 e. The van der Waals surface area contributed by atoms with Gasteiger partial charge in [-0.05, 0) is 65.6 Å². The molecule has 1 aliphatic carbocycles. The van der Waals surface area contributed by atoms with Gasteiger partial charge in [0.2, 0.25) is 0 Å². The van der Waals surface area contributed by atoms with Crippen LogP contribution in [-0.4, -0.2) is 14.1 Å². The van der Waals surface area contributed by atoms with Crippen LogP contribution >= 0.6 is 0 Å². The van der Waals surface area contributed by atoms with Crippen LogP contribution in [0.2, 0.25) is 0 Å². The van der Waals surface area contributed by atoms with Crippen LogP contribution in [0.1, 0.15) is 17.9 Å². The molecule has 1 aliphatic rings. The van der Waals surface area contributed by atoms with Crippen LogP contribution in [-0.2, 0) is 0 Å². The van der Waals surface area contributed by atoms with Gasteiger partial charge in [-0.15, -0.1) is 0 Å². The summed E-state index contributed by atoms with van der Waals surface area (Å²) in [6.07, 6.45) is 7.94. The lowest BCUT2D eigenvalue weighted by atomic mass is 9.90. The SMILES string of the molecule is CN(C1=CCC(c2ccc(-c3ccc(N(C)c4ccccc4)cc3)cc2)C=C1)c1ccccc1. The quantitative estimate of drug-likeness (QED) is 0.297. The Morgan fingerprint density at radius 3 is 1.59 bits per heavy atom. The van der Waals surface area contributed by atoms with Crippen molar-refractivity contribution >= 4 is 17.1 Å². The number of nitrogens with zero attached hydrogens (tertiary/aromatic N) is 2. The Hall–Kier alpha value is -4.04. The highest BCUT2D eigenvalue weighted by Crippen LogP contribution is 2.32. The third kappa shape index (κ3) is 4.67. The Bertz CT molecular complexity index is 1270. The van der Waals surface area contributed by atoms with E-state index < -0.39 is 0 Å². The molecule has 0 fully saturated rings. The van der Waals surface area contributed by atoms with Crippen molar-refractivity contribution in [1.82, 2.24) is 0 Å². The van der Waals surface area contributed by atoms with Crippen LogP contribution < -0.4 is 9.80 Å². The normalized spacial score (nSPS) is 15.0. The molecule has 1 atom stereocenters. The first-order valence-electron chi connectivity index (χ1n) is 11.9. The lowest BCUT2D eigenvalue weighted by molar-refractivity contribution is 0.837. The summed E-state index contributed by atoms with van der Waals surface area (Å²) in [7, 11) is 4.23. The van der Waals surface area contributed by atoms with Crippen LogP contribution in [0.25, 0.3) is 11.1 Å². The molecule has 0 spiro atoms. The van der Waals surface area contributed by atoms with E-state index in [0.717, 1.165) is 6.42 Å². The Morgan fingerprint density at radius 1 is 0.559 bits per heavy atom. The molecule has 2 nitrogen and oxygen atoms in total. The maximum Gasteiger partial charge on any atom is 0.0408 e. The molecule has 0 bridgehead atoms. The van der Waals surface area contributed by atoms with Gasteiger partial charge in [0, 0.05) is 42.8 Å². The fraction of sp³-hybridized carbons (Fsp3) is 0.125. The highest BCUT2D eigenvalue weighted by molar-refractivity contribution is 5.69. The number of rotatable bonds is 6. The molecule has 34 heavy (non-hydrogen) atoms. The second-order valence-corrected chi connectivity index (χ2v) is 8.79. The third-order valence-corrected chi connectivity index (χ3v) is 6.68. The van der Waals surface area contributed by atoms with E-state index in [4.69, 9.17) is 0 Å². The van der Waals surface area contributed by atoms with Crippen LogP contribution in [0, 0.1) is 0 Å². The van der Waals surface area contributed by atoms with Crippen molar-refractivity contribution in [3.8, 4) is 11.1 Å². The zero-order valence-electron chi connectivity index (χ0n) is 19.8. The molecule has 2 heteroatoms. The summed E-state index contributed by atoms with van der Waals surface area (Å²) in [6, 6.07) is 38.8. The van der Waals surface area contributed by atoms with Crippen molar-refractivity contribution in [1.29, 1.82) is 0 Å². The Balaban J connectivity index is 1.25. The summed E-state index contributed by atoms with van der Waals surface area (Å²) >= 11 is 0. The molecular formula is C32H30N2. The average molecular weight is 443 g/mol. The molecule has 4 aromatic rings. The molecule has 4 aromatic carbocycles. The Kier molecular flexibility index (Phi) is 6.31. The highest BCUT2D eigenvalue weighted by atomic mass is 15.1. The predicted octanol–water partition coefficient (Wildman–Crippen LogP) is 8.19. The predicted molar refractivity (Wildman–Crippen MR) is 146 cm³/mol. The first-order chi connectivity index (χ1) is 16.7.